The van der Waals surface area contributed by atoms with Crippen LogP contribution in [0.15, 0.2) is 34.9 Å². The maximum atomic E-state index is 13.1. The Kier molecular flexibility index (Phi) is 5.46. The van der Waals surface area contributed by atoms with Crippen LogP contribution in [0.5, 0.6) is 0 Å². The molecule has 2 atom stereocenters. The zero-order valence-corrected chi connectivity index (χ0v) is 17.6. The number of aromatic nitrogens is 2. The van der Waals surface area contributed by atoms with E-state index in [0.717, 1.165) is 31.2 Å². The zero-order valence-electron chi connectivity index (χ0n) is 16.8. The molecule has 29 heavy (non-hydrogen) atoms. The fourth-order valence-electron chi connectivity index (χ4n) is 3.53. The Bertz CT molecular complexity index is 965. The molecule has 156 valence electrons. The summed E-state index contributed by atoms with van der Waals surface area (Å²) in [5, 5.41) is 2.90. The molecule has 4 rings (SSSR count). The molecule has 0 radical (unpaired) electrons. The molecule has 7 nitrogen and oxygen atoms in total. The second kappa shape index (κ2) is 7.89. The second-order valence-electron chi connectivity index (χ2n) is 8.30. The first-order chi connectivity index (χ1) is 13.8. The normalized spacial score (nSPS) is 19.0. The molecule has 2 aliphatic carbocycles. The Balaban J connectivity index is 1.48. The molecular formula is C21H27N3O4S. The number of carbonyl (C=O) groups excluding carboxylic acids is 1. The first-order valence-electron chi connectivity index (χ1n) is 10.2. The quantitative estimate of drug-likeness (QED) is 0.622. The first kappa shape index (κ1) is 20.1. The Hall–Kier alpha value is -2.22. The standard InChI is InChI=1S/C21H27N3O4S/c1-14(17-8-9-17)24(12-16-6-4-3-5-7-16)19(25)13-29(26,27)15(2)21-22-20(23-28-21)18-10-11-18/h3-7,14-15,17-18H,8-13H2,1-2H3/t14-,15-/m0/s1. The predicted molar refractivity (Wildman–Crippen MR) is 108 cm³/mol. The summed E-state index contributed by atoms with van der Waals surface area (Å²) < 4.78 is 31.0. The van der Waals surface area contributed by atoms with E-state index in [2.05, 4.69) is 10.1 Å². The third-order valence-corrected chi connectivity index (χ3v) is 7.85. The minimum absolute atomic E-state index is 0.0121. The van der Waals surface area contributed by atoms with Gasteiger partial charge in [-0.2, -0.15) is 4.98 Å². The summed E-state index contributed by atoms with van der Waals surface area (Å²) in [6, 6.07) is 9.69. The summed E-state index contributed by atoms with van der Waals surface area (Å²) in [5.74, 6) is 0.441. The first-order valence-corrected chi connectivity index (χ1v) is 11.9. The van der Waals surface area contributed by atoms with E-state index >= 15 is 0 Å². The summed E-state index contributed by atoms with van der Waals surface area (Å²) in [6.07, 6.45) is 4.17. The van der Waals surface area contributed by atoms with Gasteiger partial charge in [0.25, 0.3) is 0 Å². The Morgan fingerprint density at radius 1 is 1.17 bits per heavy atom. The van der Waals surface area contributed by atoms with Crippen LogP contribution in [-0.2, 0) is 21.2 Å². The number of hydrogen-bond acceptors (Lipinski definition) is 6. The third-order valence-electron chi connectivity index (χ3n) is 5.92. The van der Waals surface area contributed by atoms with Gasteiger partial charge in [-0.1, -0.05) is 35.5 Å². The molecule has 2 saturated carbocycles. The maximum absolute atomic E-state index is 13.1. The van der Waals surface area contributed by atoms with E-state index in [1.54, 1.807) is 4.90 Å². The average molecular weight is 418 g/mol. The SMILES string of the molecule is C[C@@H](C1CC1)N(Cc1ccccc1)C(=O)CS(=O)(=O)[C@@H](C)c1nc(C2CC2)no1. The van der Waals surface area contributed by atoms with Crippen molar-refractivity contribution >= 4 is 15.7 Å². The summed E-state index contributed by atoms with van der Waals surface area (Å²) in [5.41, 5.74) is 0.991. The van der Waals surface area contributed by atoms with Gasteiger partial charge in [-0.15, -0.1) is 0 Å². The van der Waals surface area contributed by atoms with Gasteiger partial charge in [0.15, 0.2) is 15.7 Å². The van der Waals surface area contributed by atoms with Crippen molar-refractivity contribution in [2.24, 2.45) is 5.92 Å². The average Bonchev–Trinajstić information content (AvgIpc) is 3.63. The van der Waals surface area contributed by atoms with Crippen LogP contribution in [0.2, 0.25) is 0 Å². The van der Waals surface area contributed by atoms with Crippen LogP contribution in [-0.4, -0.2) is 41.2 Å². The van der Waals surface area contributed by atoms with Crippen LogP contribution in [0.1, 0.15) is 68.0 Å². The minimum Gasteiger partial charge on any atom is -0.338 e. The van der Waals surface area contributed by atoms with Crippen LogP contribution in [0, 0.1) is 5.92 Å². The van der Waals surface area contributed by atoms with E-state index in [1.165, 1.54) is 6.92 Å². The lowest BCUT2D eigenvalue weighted by Gasteiger charge is -2.30. The van der Waals surface area contributed by atoms with Crippen molar-refractivity contribution < 1.29 is 17.7 Å². The van der Waals surface area contributed by atoms with Crippen LogP contribution < -0.4 is 0 Å². The number of benzene rings is 1. The topological polar surface area (TPSA) is 93.4 Å². The van der Waals surface area contributed by atoms with Gasteiger partial charge in [-0.25, -0.2) is 8.42 Å². The van der Waals surface area contributed by atoms with Gasteiger partial charge in [0.05, 0.1) is 0 Å². The smallest absolute Gasteiger partial charge is 0.244 e. The van der Waals surface area contributed by atoms with Crippen LogP contribution in [0.4, 0.5) is 0 Å². The van der Waals surface area contributed by atoms with Crippen molar-refractivity contribution in [3.63, 3.8) is 0 Å². The van der Waals surface area contributed by atoms with Crippen molar-refractivity contribution in [1.82, 2.24) is 15.0 Å². The lowest BCUT2D eigenvalue weighted by Crippen LogP contribution is -2.42. The molecule has 0 N–H and O–H groups in total. The molecule has 1 amide bonds. The van der Waals surface area contributed by atoms with Crippen LogP contribution >= 0.6 is 0 Å². The monoisotopic (exact) mass is 417 g/mol. The lowest BCUT2D eigenvalue weighted by molar-refractivity contribution is -0.131. The molecule has 0 unspecified atom stereocenters. The summed E-state index contributed by atoms with van der Waals surface area (Å²) in [7, 11) is -3.77. The van der Waals surface area contributed by atoms with E-state index in [9.17, 15) is 13.2 Å². The van der Waals surface area contributed by atoms with E-state index in [0.29, 0.717) is 18.3 Å². The second-order valence-corrected chi connectivity index (χ2v) is 10.6. The number of sulfone groups is 1. The van der Waals surface area contributed by atoms with E-state index in [-0.39, 0.29) is 23.8 Å². The van der Waals surface area contributed by atoms with Gasteiger partial charge in [0, 0.05) is 18.5 Å². The highest BCUT2D eigenvalue weighted by Gasteiger charge is 2.38. The van der Waals surface area contributed by atoms with Crippen LogP contribution in [0.3, 0.4) is 0 Å². The molecule has 0 spiro atoms. The summed E-state index contributed by atoms with van der Waals surface area (Å²) >= 11 is 0. The van der Waals surface area contributed by atoms with Crippen molar-refractivity contribution in [3.8, 4) is 0 Å². The molecule has 2 aromatic rings. The van der Waals surface area contributed by atoms with E-state index in [4.69, 9.17) is 4.52 Å². The molecule has 0 aliphatic heterocycles. The molecular weight excluding hydrogens is 390 g/mol. The highest BCUT2D eigenvalue weighted by atomic mass is 32.2. The Labute approximate surface area is 171 Å². The van der Waals surface area contributed by atoms with E-state index in [1.807, 2.05) is 37.3 Å². The fourth-order valence-corrected chi connectivity index (χ4v) is 4.69. The van der Waals surface area contributed by atoms with Gasteiger partial charge < -0.3 is 9.42 Å². The van der Waals surface area contributed by atoms with Crippen molar-refractivity contribution in [1.29, 1.82) is 0 Å². The number of amides is 1. The third kappa shape index (κ3) is 4.69. The number of nitrogens with zero attached hydrogens (tertiary/aromatic N) is 3. The molecule has 1 aromatic carbocycles. The van der Waals surface area contributed by atoms with Crippen molar-refractivity contribution in [3.05, 3.63) is 47.6 Å². The molecule has 0 bridgehead atoms. The Morgan fingerprint density at radius 2 is 1.86 bits per heavy atom. The van der Waals surface area contributed by atoms with Gasteiger partial charge in [-0.05, 0) is 51.0 Å². The fraction of sp³-hybridized carbons (Fsp3) is 0.571. The number of carbonyl (C=O) groups is 1. The Morgan fingerprint density at radius 3 is 2.48 bits per heavy atom. The lowest BCUT2D eigenvalue weighted by atomic mass is 10.1. The molecule has 1 aromatic heterocycles. The van der Waals surface area contributed by atoms with Crippen molar-refractivity contribution in [2.75, 3.05) is 5.75 Å². The van der Waals surface area contributed by atoms with Crippen molar-refractivity contribution in [2.45, 2.75) is 63.3 Å². The summed E-state index contributed by atoms with van der Waals surface area (Å²) in [6.45, 7) is 3.93. The molecule has 1 heterocycles. The predicted octanol–water partition coefficient (Wildman–Crippen LogP) is 3.25. The maximum Gasteiger partial charge on any atom is 0.244 e. The molecule has 2 fully saturated rings. The zero-order chi connectivity index (χ0) is 20.6. The highest BCUT2D eigenvalue weighted by Crippen LogP contribution is 2.39. The highest BCUT2D eigenvalue weighted by molar-refractivity contribution is 7.92. The summed E-state index contributed by atoms with van der Waals surface area (Å²) in [4.78, 5) is 19.0. The minimum atomic E-state index is -3.77. The van der Waals surface area contributed by atoms with Gasteiger partial charge in [0.2, 0.25) is 11.8 Å². The molecule has 2 aliphatic rings. The molecule has 0 saturated heterocycles. The largest absolute Gasteiger partial charge is 0.338 e. The van der Waals surface area contributed by atoms with Gasteiger partial charge >= 0.3 is 0 Å². The molecule has 8 heteroatoms. The van der Waals surface area contributed by atoms with Gasteiger partial charge in [-0.3, -0.25) is 4.79 Å². The van der Waals surface area contributed by atoms with Crippen LogP contribution in [0.25, 0.3) is 0 Å². The number of rotatable bonds is 9. The van der Waals surface area contributed by atoms with Gasteiger partial charge in [0.1, 0.15) is 11.0 Å². The van der Waals surface area contributed by atoms with E-state index < -0.39 is 20.8 Å². The number of hydrogen-bond donors (Lipinski definition) is 0.